The summed E-state index contributed by atoms with van der Waals surface area (Å²) in [6.45, 7) is 0. The van der Waals surface area contributed by atoms with E-state index in [-0.39, 0.29) is 5.56 Å². The molecule has 0 saturated heterocycles. The molecule has 0 aliphatic carbocycles. The fraction of sp³-hybridized carbons (Fsp3) is 0.0667. The molecule has 0 aliphatic heterocycles. The number of rotatable bonds is 3. The van der Waals surface area contributed by atoms with E-state index < -0.39 is 5.97 Å². The van der Waals surface area contributed by atoms with Gasteiger partial charge in [0.05, 0.1) is 16.1 Å². The molecule has 104 valence electrons. The number of nitrogens with one attached hydrogen (secondary N) is 1. The number of para-hydroxylation sites is 1. The highest BCUT2D eigenvalue weighted by molar-refractivity contribution is 7.14. The van der Waals surface area contributed by atoms with Gasteiger partial charge in [-0.05, 0) is 12.1 Å². The fourth-order valence-electron chi connectivity index (χ4n) is 2.20. The maximum absolute atomic E-state index is 11.4. The van der Waals surface area contributed by atoms with E-state index in [2.05, 4.69) is 11.4 Å². The van der Waals surface area contributed by atoms with Gasteiger partial charge in [-0.3, -0.25) is 0 Å². The van der Waals surface area contributed by atoms with E-state index in [1.807, 2.05) is 6.07 Å². The van der Waals surface area contributed by atoms with Crippen molar-refractivity contribution in [2.24, 2.45) is 0 Å². The summed E-state index contributed by atoms with van der Waals surface area (Å²) in [6.07, 6.45) is 0. The minimum absolute atomic E-state index is 0.181. The number of carbonyl (C=O) groups is 1. The Balaban J connectivity index is 2.25. The van der Waals surface area contributed by atoms with Gasteiger partial charge >= 0.3 is 5.97 Å². The van der Waals surface area contributed by atoms with E-state index in [4.69, 9.17) is 9.68 Å². The van der Waals surface area contributed by atoms with Crippen molar-refractivity contribution in [3.63, 3.8) is 0 Å². The molecule has 0 fully saturated rings. The summed E-state index contributed by atoms with van der Waals surface area (Å²) in [4.78, 5) is 12.0. The van der Waals surface area contributed by atoms with Crippen molar-refractivity contribution in [2.75, 3.05) is 12.4 Å². The van der Waals surface area contributed by atoms with E-state index in [0.29, 0.717) is 27.5 Å². The van der Waals surface area contributed by atoms with Crippen LogP contribution in [0, 0.1) is 11.3 Å². The van der Waals surface area contributed by atoms with Crippen molar-refractivity contribution >= 4 is 34.0 Å². The fourth-order valence-corrected chi connectivity index (χ4v) is 3.20. The Bertz CT molecular complexity index is 886. The van der Waals surface area contributed by atoms with Gasteiger partial charge in [0, 0.05) is 17.8 Å². The molecule has 2 heterocycles. The number of nitrogens with zero attached hydrogens (tertiary/aromatic N) is 1. The molecule has 0 saturated carbocycles. The van der Waals surface area contributed by atoms with Crippen LogP contribution in [0.15, 0.2) is 34.1 Å². The van der Waals surface area contributed by atoms with Gasteiger partial charge in [-0.25, -0.2) is 4.79 Å². The van der Waals surface area contributed by atoms with Crippen LogP contribution in [0.3, 0.4) is 0 Å². The molecule has 2 N–H and O–H groups in total. The predicted molar refractivity (Wildman–Crippen MR) is 80.7 cm³/mol. The largest absolute Gasteiger partial charge is 0.478 e. The molecule has 21 heavy (non-hydrogen) atoms. The second-order valence-corrected chi connectivity index (χ2v) is 5.23. The molecule has 0 unspecified atom stereocenters. The van der Waals surface area contributed by atoms with Crippen LogP contribution in [-0.2, 0) is 0 Å². The van der Waals surface area contributed by atoms with Crippen LogP contribution in [0.2, 0.25) is 0 Å². The van der Waals surface area contributed by atoms with Gasteiger partial charge in [0.1, 0.15) is 17.4 Å². The van der Waals surface area contributed by atoms with Crippen LogP contribution in [0.1, 0.15) is 15.9 Å². The van der Waals surface area contributed by atoms with E-state index in [9.17, 15) is 9.90 Å². The average Bonchev–Trinajstić information content (AvgIpc) is 3.09. The molecular weight excluding hydrogens is 288 g/mol. The molecular formula is C15H10N2O3S. The highest BCUT2D eigenvalue weighted by Gasteiger charge is 2.22. The standard InChI is InChI=1S/C15H10N2O3S/c1-17-10-7-21-14(12(10)15(18)19)11-5-8-3-2-4-9(6-16)13(8)20-11/h2-5,7,17H,1H3,(H,18,19). The first-order valence-corrected chi connectivity index (χ1v) is 6.99. The highest BCUT2D eigenvalue weighted by atomic mass is 32.1. The van der Waals surface area contributed by atoms with Crippen LogP contribution in [-0.4, -0.2) is 18.1 Å². The Kier molecular flexibility index (Phi) is 3.12. The lowest BCUT2D eigenvalue weighted by atomic mass is 10.1. The Morgan fingerprint density at radius 2 is 2.29 bits per heavy atom. The lowest BCUT2D eigenvalue weighted by molar-refractivity contribution is 0.0699. The number of benzene rings is 1. The summed E-state index contributed by atoms with van der Waals surface area (Å²) in [6, 6.07) is 9.09. The van der Waals surface area contributed by atoms with Crippen LogP contribution in [0.5, 0.6) is 0 Å². The first kappa shape index (κ1) is 13.2. The molecule has 0 aliphatic rings. The van der Waals surface area contributed by atoms with Gasteiger partial charge < -0.3 is 14.8 Å². The van der Waals surface area contributed by atoms with Crippen molar-refractivity contribution in [2.45, 2.75) is 0 Å². The maximum Gasteiger partial charge on any atom is 0.339 e. The minimum atomic E-state index is -1.02. The van der Waals surface area contributed by atoms with Crippen LogP contribution in [0.25, 0.3) is 21.6 Å². The van der Waals surface area contributed by atoms with Gasteiger partial charge in [-0.15, -0.1) is 11.3 Å². The van der Waals surface area contributed by atoms with E-state index in [0.717, 1.165) is 5.39 Å². The number of aromatic carboxylic acids is 1. The molecule has 0 spiro atoms. The summed E-state index contributed by atoms with van der Waals surface area (Å²) in [5, 5.41) is 23.8. The topological polar surface area (TPSA) is 86.3 Å². The number of fused-ring (bicyclic) bond motifs is 1. The molecule has 0 amide bonds. The Morgan fingerprint density at radius 3 is 2.95 bits per heavy atom. The third kappa shape index (κ3) is 2.04. The molecule has 6 heteroatoms. The zero-order chi connectivity index (χ0) is 15.0. The number of hydrogen-bond acceptors (Lipinski definition) is 5. The number of thiophene rings is 1. The molecule has 2 aromatic heterocycles. The second kappa shape index (κ2) is 4.96. The summed E-state index contributed by atoms with van der Waals surface area (Å²) in [5.74, 6) is -0.562. The van der Waals surface area contributed by atoms with E-state index in [1.165, 1.54) is 11.3 Å². The first-order valence-electron chi connectivity index (χ1n) is 6.11. The molecule has 0 atom stereocenters. The zero-order valence-corrected chi connectivity index (χ0v) is 11.8. The number of carboxylic acids is 1. The van der Waals surface area contributed by atoms with E-state index in [1.54, 1.807) is 30.6 Å². The summed E-state index contributed by atoms with van der Waals surface area (Å²) in [5.41, 5.74) is 1.63. The Labute approximate surface area is 124 Å². The third-order valence-corrected chi connectivity index (χ3v) is 4.16. The number of hydrogen-bond donors (Lipinski definition) is 2. The number of anilines is 1. The van der Waals surface area contributed by atoms with Gasteiger partial charge in [-0.2, -0.15) is 5.26 Å². The average molecular weight is 298 g/mol. The quantitative estimate of drug-likeness (QED) is 0.768. The highest BCUT2D eigenvalue weighted by Crippen LogP contribution is 2.39. The lowest BCUT2D eigenvalue weighted by Crippen LogP contribution is -2.00. The lowest BCUT2D eigenvalue weighted by Gasteiger charge is -2.00. The van der Waals surface area contributed by atoms with E-state index >= 15 is 0 Å². The molecule has 3 aromatic rings. The molecule has 1 aromatic carbocycles. The second-order valence-electron chi connectivity index (χ2n) is 4.36. The minimum Gasteiger partial charge on any atom is -0.478 e. The SMILES string of the molecule is CNc1csc(-c2cc3cccc(C#N)c3o2)c1C(=O)O. The molecule has 3 rings (SSSR count). The van der Waals surface area contributed by atoms with Crippen molar-refractivity contribution in [1.29, 1.82) is 5.26 Å². The predicted octanol–water partition coefficient (Wildman–Crippen LogP) is 3.77. The summed E-state index contributed by atoms with van der Waals surface area (Å²) < 4.78 is 5.72. The monoisotopic (exact) mass is 298 g/mol. The Hall–Kier alpha value is -2.78. The van der Waals surface area contributed by atoms with Gasteiger partial charge in [0.15, 0.2) is 5.58 Å². The molecule has 5 nitrogen and oxygen atoms in total. The van der Waals surface area contributed by atoms with Gasteiger partial charge in [0.2, 0.25) is 0 Å². The number of nitriles is 1. The summed E-state index contributed by atoms with van der Waals surface area (Å²) in [7, 11) is 1.67. The van der Waals surface area contributed by atoms with Gasteiger partial charge in [-0.1, -0.05) is 12.1 Å². The number of carboxylic acid groups (broad SMARTS) is 1. The smallest absolute Gasteiger partial charge is 0.339 e. The van der Waals surface area contributed by atoms with Gasteiger partial charge in [0.25, 0.3) is 0 Å². The molecule has 0 bridgehead atoms. The molecule has 0 radical (unpaired) electrons. The third-order valence-electron chi connectivity index (χ3n) is 3.16. The van der Waals surface area contributed by atoms with Crippen LogP contribution < -0.4 is 5.32 Å². The van der Waals surface area contributed by atoms with Crippen LogP contribution in [0.4, 0.5) is 5.69 Å². The Morgan fingerprint density at radius 1 is 1.48 bits per heavy atom. The zero-order valence-electron chi connectivity index (χ0n) is 11.0. The van der Waals surface area contributed by atoms with Crippen molar-refractivity contribution in [3.8, 4) is 16.7 Å². The first-order chi connectivity index (χ1) is 10.2. The van der Waals surface area contributed by atoms with Crippen molar-refractivity contribution < 1.29 is 14.3 Å². The number of furan rings is 1. The normalized spacial score (nSPS) is 10.5. The van der Waals surface area contributed by atoms with Crippen molar-refractivity contribution in [1.82, 2.24) is 0 Å². The van der Waals surface area contributed by atoms with Crippen LogP contribution >= 0.6 is 11.3 Å². The maximum atomic E-state index is 11.4. The summed E-state index contributed by atoms with van der Waals surface area (Å²) >= 11 is 1.29. The van der Waals surface area contributed by atoms with Crippen molar-refractivity contribution in [3.05, 3.63) is 40.8 Å².